The molecule has 0 aliphatic heterocycles. The number of hydrogen-bond donors (Lipinski definition) is 4. The summed E-state index contributed by atoms with van der Waals surface area (Å²) < 4.78 is 5.45. The van der Waals surface area contributed by atoms with Crippen molar-refractivity contribution in [2.75, 3.05) is 26.9 Å². The molecule has 176 valence electrons. The van der Waals surface area contributed by atoms with Gasteiger partial charge in [-0.1, -0.05) is 48.5 Å². The fourth-order valence-electron chi connectivity index (χ4n) is 4.04. The summed E-state index contributed by atoms with van der Waals surface area (Å²) >= 11 is 0. The first-order chi connectivity index (χ1) is 15.9. The molecule has 3 rings (SSSR count). The van der Waals surface area contributed by atoms with Crippen LogP contribution < -0.4 is 5.32 Å². The monoisotopic (exact) mass is 456 g/mol. The highest BCUT2D eigenvalue weighted by atomic mass is 16.5. The van der Waals surface area contributed by atoms with Crippen molar-refractivity contribution in [2.45, 2.75) is 30.8 Å². The van der Waals surface area contributed by atoms with Gasteiger partial charge < -0.3 is 30.3 Å². The van der Waals surface area contributed by atoms with Crippen LogP contribution in [0, 0.1) is 0 Å². The molecule has 1 aliphatic carbocycles. The SMILES string of the molecule is CN(C(=O)C(CCC(=O)O)NC(=O)OCC1c2ccccc2-c2ccccc21)C(CO)CO. The first-order valence-corrected chi connectivity index (χ1v) is 10.7. The van der Waals surface area contributed by atoms with Gasteiger partial charge in [0.05, 0.1) is 19.3 Å². The van der Waals surface area contributed by atoms with E-state index in [2.05, 4.69) is 5.32 Å². The molecular weight excluding hydrogens is 428 g/mol. The van der Waals surface area contributed by atoms with Gasteiger partial charge in [0.2, 0.25) is 5.91 Å². The number of likely N-dealkylation sites (N-methyl/N-ethyl adjacent to an activating group) is 1. The molecule has 2 aromatic carbocycles. The number of aliphatic carboxylic acids is 1. The third-order valence-corrected chi connectivity index (χ3v) is 5.90. The summed E-state index contributed by atoms with van der Waals surface area (Å²) in [7, 11) is 1.37. The molecule has 0 spiro atoms. The van der Waals surface area contributed by atoms with Crippen molar-refractivity contribution in [3.05, 3.63) is 59.7 Å². The summed E-state index contributed by atoms with van der Waals surface area (Å²) in [6, 6.07) is 13.7. The zero-order chi connectivity index (χ0) is 24.0. The number of carboxylic acids is 1. The van der Waals surface area contributed by atoms with Gasteiger partial charge in [-0.15, -0.1) is 0 Å². The van der Waals surface area contributed by atoms with E-state index in [-0.39, 0.29) is 25.4 Å². The lowest BCUT2D eigenvalue weighted by Crippen LogP contribution is -2.52. The Morgan fingerprint density at radius 3 is 2.06 bits per heavy atom. The highest BCUT2D eigenvalue weighted by molar-refractivity contribution is 5.86. The highest BCUT2D eigenvalue weighted by Crippen LogP contribution is 2.44. The van der Waals surface area contributed by atoms with Crippen molar-refractivity contribution >= 4 is 18.0 Å². The molecular formula is C24H28N2O7. The summed E-state index contributed by atoms with van der Waals surface area (Å²) in [5, 5.41) is 30.1. The van der Waals surface area contributed by atoms with Crippen LogP contribution >= 0.6 is 0 Å². The van der Waals surface area contributed by atoms with Crippen LogP contribution in [-0.2, 0) is 14.3 Å². The second-order valence-electron chi connectivity index (χ2n) is 7.92. The number of rotatable bonds is 10. The number of fused-ring (bicyclic) bond motifs is 3. The molecule has 0 bridgehead atoms. The number of nitrogens with zero attached hydrogens (tertiary/aromatic N) is 1. The normalized spacial score (nSPS) is 13.2. The lowest BCUT2D eigenvalue weighted by molar-refractivity contribution is -0.138. The minimum absolute atomic E-state index is 0.0471. The minimum atomic E-state index is -1.18. The van der Waals surface area contributed by atoms with E-state index in [4.69, 9.17) is 9.84 Å². The van der Waals surface area contributed by atoms with E-state index in [9.17, 15) is 24.6 Å². The Kier molecular flexibility index (Phi) is 8.02. The van der Waals surface area contributed by atoms with Crippen molar-refractivity contribution in [3.8, 4) is 11.1 Å². The maximum absolute atomic E-state index is 12.8. The van der Waals surface area contributed by atoms with Crippen LogP contribution in [0.1, 0.15) is 29.9 Å². The summed E-state index contributed by atoms with van der Waals surface area (Å²) in [6.07, 6.45) is -1.36. The van der Waals surface area contributed by atoms with Gasteiger partial charge in [0, 0.05) is 19.4 Å². The lowest BCUT2D eigenvalue weighted by atomic mass is 9.98. The van der Waals surface area contributed by atoms with Crippen molar-refractivity contribution in [1.82, 2.24) is 10.2 Å². The number of amides is 2. The van der Waals surface area contributed by atoms with Crippen LogP contribution in [0.3, 0.4) is 0 Å². The third-order valence-electron chi connectivity index (χ3n) is 5.90. The van der Waals surface area contributed by atoms with Crippen LogP contribution in [0.4, 0.5) is 4.79 Å². The van der Waals surface area contributed by atoms with E-state index in [1.54, 1.807) is 0 Å². The van der Waals surface area contributed by atoms with E-state index in [1.165, 1.54) is 7.05 Å². The minimum Gasteiger partial charge on any atom is -0.481 e. The third kappa shape index (κ3) is 5.50. The largest absolute Gasteiger partial charge is 0.481 e. The van der Waals surface area contributed by atoms with Crippen molar-refractivity contribution in [1.29, 1.82) is 0 Å². The van der Waals surface area contributed by atoms with Gasteiger partial charge in [0.25, 0.3) is 0 Å². The maximum Gasteiger partial charge on any atom is 0.407 e. The van der Waals surface area contributed by atoms with E-state index in [1.807, 2.05) is 48.5 Å². The van der Waals surface area contributed by atoms with Gasteiger partial charge in [-0.2, -0.15) is 0 Å². The standard InChI is InChI=1S/C24H28N2O7/c1-26(15(12-27)13-28)23(31)21(10-11-22(29)30)25-24(32)33-14-20-18-8-4-2-6-16(18)17-7-3-5-9-19(17)20/h2-9,15,20-21,27-28H,10-14H2,1H3,(H,25,32)(H,29,30). The van der Waals surface area contributed by atoms with Crippen LogP contribution in [0.5, 0.6) is 0 Å². The molecule has 0 saturated carbocycles. The molecule has 9 nitrogen and oxygen atoms in total. The first kappa shape index (κ1) is 24.2. The molecule has 0 aromatic heterocycles. The lowest BCUT2D eigenvalue weighted by Gasteiger charge is -2.29. The molecule has 0 radical (unpaired) electrons. The number of carboxylic acid groups (broad SMARTS) is 1. The molecule has 1 aliphatic rings. The van der Waals surface area contributed by atoms with Crippen LogP contribution in [-0.4, -0.2) is 77.1 Å². The topological polar surface area (TPSA) is 136 Å². The van der Waals surface area contributed by atoms with Crippen molar-refractivity contribution in [2.24, 2.45) is 0 Å². The van der Waals surface area contributed by atoms with Crippen LogP contribution in [0.2, 0.25) is 0 Å². The highest BCUT2D eigenvalue weighted by Gasteiger charge is 2.31. The van der Waals surface area contributed by atoms with E-state index in [0.717, 1.165) is 27.2 Å². The molecule has 0 saturated heterocycles. The van der Waals surface area contributed by atoms with E-state index >= 15 is 0 Å². The zero-order valence-corrected chi connectivity index (χ0v) is 18.3. The predicted molar refractivity (Wildman–Crippen MR) is 120 cm³/mol. The summed E-state index contributed by atoms with van der Waals surface area (Å²) in [6.45, 7) is -0.907. The second-order valence-corrected chi connectivity index (χ2v) is 7.92. The van der Waals surface area contributed by atoms with Gasteiger partial charge in [0.1, 0.15) is 12.6 Å². The number of carbonyl (C=O) groups excluding carboxylic acids is 2. The number of carbonyl (C=O) groups is 3. The summed E-state index contributed by atoms with van der Waals surface area (Å²) in [5.41, 5.74) is 4.24. The molecule has 1 unspecified atom stereocenters. The molecule has 1 atom stereocenters. The predicted octanol–water partition coefficient (Wildman–Crippen LogP) is 1.57. The average Bonchev–Trinajstić information content (AvgIpc) is 3.14. The number of benzene rings is 2. The Morgan fingerprint density at radius 2 is 1.55 bits per heavy atom. The second kappa shape index (κ2) is 10.9. The van der Waals surface area contributed by atoms with Gasteiger partial charge in [-0.3, -0.25) is 9.59 Å². The Labute approximate surface area is 191 Å². The Hall–Kier alpha value is -3.43. The fourth-order valence-corrected chi connectivity index (χ4v) is 4.04. The number of hydrogen-bond acceptors (Lipinski definition) is 6. The van der Waals surface area contributed by atoms with Crippen molar-refractivity contribution in [3.63, 3.8) is 0 Å². The van der Waals surface area contributed by atoms with Crippen molar-refractivity contribution < 1.29 is 34.4 Å². The van der Waals surface area contributed by atoms with Crippen LogP contribution in [0.25, 0.3) is 11.1 Å². The molecule has 2 aromatic rings. The smallest absolute Gasteiger partial charge is 0.407 e. The number of aliphatic hydroxyl groups is 2. The van der Waals surface area contributed by atoms with Gasteiger partial charge in [-0.05, 0) is 28.7 Å². The molecule has 4 N–H and O–H groups in total. The quantitative estimate of drug-likeness (QED) is 0.426. The number of ether oxygens (including phenoxy) is 1. The first-order valence-electron chi connectivity index (χ1n) is 10.7. The average molecular weight is 456 g/mol. The molecule has 33 heavy (non-hydrogen) atoms. The fraction of sp³-hybridized carbons (Fsp3) is 0.375. The van der Waals surface area contributed by atoms with Gasteiger partial charge in [0.15, 0.2) is 0 Å². The van der Waals surface area contributed by atoms with E-state index < -0.39 is 43.3 Å². The number of aliphatic hydroxyl groups excluding tert-OH is 2. The molecule has 0 heterocycles. The Morgan fingerprint density at radius 1 is 1.00 bits per heavy atom. The molecule has 2 amide bonds. The Bertz CT molecular complexity index is 960. The Balaban J connectivity index is 1.69. The van der Waals surface area contributed by atoms with Gasteiger partial charge >= 0.3 is 12.1 Å². The zero-order valence-electron chi connectivity index (χ0n) is 18.3. The summed E-state index contributed by atoms with van der Waals surface area (Å²) in [5.74, 6) is -1.91. The molecule has 9 heteroatoms. The molecule has 0 fully saturated rings. The van der Waals surface area contributed by atoms with E-state index in [0.29, 0.717) is 0 Å². The van der Waals surface area contributed by atoms with Gasteiger partial charge in [-0.25, -0.2) is 4.79 Å². The maximum atomic E-state index is 12.8. The van der Waals surface area contributed by atoms with Crippen LogP contribution in [0.15, 0.2) is 48.5 Å². The number of nitrogens with one attached hydrogen (secondary N) is 1. The summed E-state index contributed by atoms with van der Waals surface area (Å²) in [4.78, 5) is 37.4. The number of alkyl carbamates (subject to hydrolysis) is 1.